The van der Waals surface area contributed by atoms with Gasteiger partial charge in [-0.25, -0.2) is 4.98 Å². The van der Waals surface area contributed by atoms with Crippen LogP contribution in [-0.4, -0.2) is 16.1 Å². The van der Waals surface area contributed by atoms with Gasteiger partial charge in [0.2, 0.25) is 0 Å². The molecule has 2 aromatic carbocycles. The Balaban J connectivity index is 2.10. The fourth-order valence-electron chi connectivity index (χ4n) is 2.44. The minimum absolute atomic E-state index is 0.0628. The molecule has 0 radical (unpaired) electrons. The highest BCUT2D eigenvalue weighted by molar-refractivity contribution is 6.35. The lowest BCUT2D eigenvalue weighted by Crippen LogP contribution is -2.22. The summed E-state index contributed by atoms with van der Waals surface area (Å²) >= 11 is 6.19. The summed E-state index contributed by atoms with van der Waals surface area (Å²) in [5.41, 5.74) is 12.7. The third-order valence-electron chi connectivity index (χ3n) is 3.50. The Morgan fingerprint density at radius 2 is 1.91 bits per heavy atom. The molecule has 3 rings (SSSR count). The van der Waals surface area contributed by atoms with Crippen molar-refractivity contribution in [3.63, 3.8) is 0 Å². The largest absolute Gasteiger partial charge is 0.508 e. The maximum Gasteiger partial charge on any atom is 0.192 e. The Morgan fingerprint density at radius 1 is 1.13 bits per heavy atom. The summed E-state index contributed by atoms with van der Waals surface area (Å²) in [5, 5.41) is 12.0. The molecule has 6 heteroatoms. The summed E-state index contributed by atoms with van der Waals surface area (Å²) in [6.07, 6.45) is 2.10. The number of pyridine rings is 1. The predicted molar refractivity (Wildman–Crippen MR) is 93.1 cm³/mol. The van der Waals surface area contributed by atoms with Crippen molar-refractivity contribution in [2.45, 2.75) is 6.42 Å². The van der Waals surface area contributed by atoms with Crippen molar-refractivity contribution in [3.8, 4) is 5.75 Å². The number of phenolic OH excluding ortho intramolecular Hbond substituents is 1. The highest BCUT2D eigenvalue weighted by Crippen LogP contribution is 2.31. The van der Waals surface area contributed by atoms with Gasteiger partial charge in [0, 0.05) is 23.4 Å². The van der Waals surface area contributed by atoms with E-state index in [0.717, 1.165) is 21.9 Å². The maximum atomic E-state index is 9.91. The van der Waals surface area contributed by atoms with Gasteiger partial charge in [0.1, 0.15) is 5.75 Å². The number of aliphatic imine (C=N–C) groups is 1. The Morgan fingerprint density at radius 3 is 2.65 bits per heavy atom. The molecule has 0 aliphatic rings. The van der Waals surface area contributed by atoms with Crippen molar-refractivity contribution in [2.75, 3.05) is 0 Å². The van der Waals surface area contributed by atoms with E-state index in [9.17, 15) is 5.11 Å². The lowest BCUT2D eigenvalue weighted by molar-refractivity contribution is 0.469. The molecule has 3 aromatic rings. The topological polar surface area (TPSA) is 97.5 Å². The van der Waals surface area contributed by atoms with Crippen molar-refractivity contribution in [1.82, 2.24) is 4.98 Å². The van der Waals surface area contributed by atoms with Crippen LogP contribution in [0.15, 0.2) is 53.7 Å². The number of rotatable bonds is 3. The number of benzene rings is 2. The molecule has 0 aliphatic heterocycles. The molecule has 0 spiro atoms. The first-order valence-electron chi connectivity index (χ1n) is 6.98. The number of fused-ring (bicyclic) bond motifs is 1. The van der Waals surface area contributed by atoms with Gasteiger partial charge in [-0.3, -0.25) is 0 Å². The summed E-state index contributed by atoms with van der Waals surface area (Å²) < 4.78 is 0. The zero-order valence-electron chi connectivity index (χ0n) is 12.2. The number of para-hydroxylation sites is 1. The van der Waals surface area contributed by atoms with Crippen LogP contribution in [0.3, 0.4) is 0 Å². The molecule has 0 fully saturated rings. The first-order valence-corrected chi connectivity index (χ1v) is 7.36. The van der Waals surface area contributed by atoms with Crippen LogP contribution in [0.1, 0.15) is 11.1 Å². The van der Waals surface area contributed by atoms with Gasteiger partial charge in [-0.15, -0.1) is 0 Å². The quantitative estimate of drug-likeness (QED) is 0.509. The molecule has 0 aliphatic carbocycles. The zero-order valence-corrected chi connectivity index (χ0v) is 13.0. The van der Waals surface area contributed by atoms with Crippen LogP contribution >= 0.6 is 11.6 Å². The van der Waals surface area contributed by atoms with Crippen LogP contribution in [0, 0.1) is 0 Å². The lowest BCUT2D eigenvalue weighted by atomic mass is 10.0. The van der Waals surface area contributed by atoms with Gasteiger partial charge < -0.3 is 16.6 Å². The van der Waals surface area contributed by atoms with Gasteiger partial charge >= 0.3 is 0 Å². The molecule has 0 saturated carbocycles. The SMILES string of the molecule is NC(N)=Nc1ncc(Cl)c2ccc(Cc3ccccc3O)cc12. The van der Waals surface area contributed by atoms with Crippen LogP contribution in [0.2, 0.25) is 5.02 Å². The van der Waals surface area contributed by atoms with Gasteiger partial charge in [0.15, 0.2) is 11.8 Å². The summed E-state index contributed by atoms with van der Waals surface area (Å²) in [5.74, 6) is 0.622. The highest BCUT2D eigenvalue weighted by Gasteiger charge is 2.09. The molecule has 0 saturated heterocycles. The minimum Gasteiger partial charge on any atom is -0.508 e. The first kappa shape index (κ1) is 15.1. The van der Waals surface area contributed by atoms with E-state index in [1.54, 1.807) is 12.1 Å². The van der Waals surface area contributed by atoms with E-state index < -0.39 is 0 Å². The number of hydrogen-bond acceptors (Lipinski definition) is 3. The fraction of sp³-hybridized carbons (Fsp3) is 0.0588. The second-order valence-corrected chi connectivity index (χ2v) is 5.56. The van der Waals surface area contributed by atoms with Crippen LogP contribution in [0.25, 0.3) is 10.8 Å². The Kier molecular flexibility index (Phi) is 4.04. The maximum absolute atomic E-state index is 9.91. The second-order valence-electron chi connectivity index (χ2n) is 5.15. The second kappa shape index (κ2) is 6.14. The molecule has 0 atom stereocenters. The number of hydrogen-bond donors (Lipinski definition) is 3. The number of nitrogens with two attached hydrogens (primary N) is 2. The molecule has 116 valence electrons. The average molecular weight is 327 g/mol. The summed E-state index contributed by atoms with van der Waals surface area (Å²) in [4.78, 5) is 8.23. The third-order valence-corrected chi connectivity index (χ3v) is 3.80. The fourth-order valence-corrected chi connectivity index (χ4v) is 2.66. The number of guanidine groups is 1. The molecule has 0 bridgehead atoms. The van der Waals surface area contributed by atoms with Gasteiger partial charge in [0.05, 0.1) is 5.02 Å². The molecule has 5 nitrogen and oxygen atoms in total. The number of aromatic nitrogens is 1. The van der Waals surface area contributed by atoms with E-state index in [1.807, 2.05) is 30.3 Å². The van der Waals surface area contributed by atoms with E-state index >= 15 is 0 Å². The molecule has 0 unspecified atom stereocenters. The molecule has 0 amide bonds. The Hall–Kier alpha value is -2.79. The number of phenols is 1. The minimum atomic E-state index is -0.0628. The molecule has 23 heavy (non-hydrogen) atoms. The van der Waals surface area contributed by atoms with E-state index in [2.05, 4.69) is 9.98 Å². The van der Waals surface area contributed by atoms with Crippen molar-refractivity contribution < 1.29 is 5.11 Å². The van der Waals surface area contributed by atoms with E-state index in [4.69, 9.17) is 23.1 Å². The Bertz CT molecular complexity index is 904. The summed E-state index contributed by atoms with van der Waals surface area (Å²) in [7, 11) is 0. The molecular weight excluding hydrogens is 312 g/mol. The van der Waals surface area contributed by atoms with Gasteiger partial charge in [-0.1, -0.05) is 41.9 Å². The number of nitrogens with zero attached hydrogens (tertiary/aromatic N) is 2. The van der Waals surface area contributed by atoms with Crippen LogP contribution in [0.4, 0.5) is 5.82 Å². The van der Waals surface area contributed by atoms with Crippen LogP contribution in [-0.2, 0) is 6.42 Å². The van der Waals surface area contributed by atoms with E-state index in [1.165, 1.54) is 6.20 Å². The summed E-state index contributed by atoms with van der Waals surface area (Å²) in [6.45, 7) is 0. The Labute approximate surface area is 138 Å². The highest BCUT2D eigenvalue weighted by atomic mass is 35.5. The predicted octanol–water partition coefficient (Wildman–Crippen LogP) is 3.09. The normalized spacial score (nSPS) is 10.7. The number of halogens is 1. The molecule has 1 aromatic heterocycles. The zero-order chi connectivity index (χ0) is 16.4. The molecule has 5 N–H and O–H groups in total. The third kappa shape index (κ3) is 3.19. The van der Waals surface area contributed by atoms with Crippen molar-refractivity contribution >= 4 is 34.2 Å². The average Bonchev–Trinajstić information content (AvgIpc) is 2.52. The van der Waals surface area contributed by atoms with Crippen LogP contribution in [0.5, 0.6) is 5.75 Å². The summed E-state index contributed by atoms with van der Waals surface area (Å²) in [6, 6.07) is 13.0. The van der Waals surface area contributed by atoms with Crippen molar-refractivity contribution in [3.05, 3.63) is 64.8 Å². The monoisotopic (exact) mass is 326 g/mol. The van der Waals surface area contributed by atoms with Gasteiger partial charge in [-0.2, -0.15) is 4.99 Å². The smallest absolute Gasteiger partial charge is 0.192 e. The first-order chi connectivity index (χ1) is 11.0. The lowest BCUT2D eigenvalue weighted by Gasteiger charge is -2.08. The van der Waals surface area contributed by atoms with Gasteiger partial charge in [0.25, 0.3) is 0 Å². The van der Waals surface area contributed by atoms with E-state index in [0.29, 0.717) is 17.3 Å². The molecular formula is C17H15ClN4O. The van der Waals surface area contributed by atoms with Crippen molar-refractivity contribution in [1.29, 1.82) is 0 Å². The molecule has 1 heterocycles. The van der Waals surface area contributed by atoms with E-state index in [-0.39, 0.29) is 11.7 Å². The standard InChI is InChI=1S/C17H15ClN4O/c18-14-9-21-16(22-17(19)20)13-8-10(5-6-12(13)14)7-11-3-1-2-4-15(11)23/h1-6,8-9,23H,7H2,(H4,19,20,21,22). The van der Waals surface area contributed by atoms with Crippen molar-refractivity contribution in [2.24, 2.45) is 16.5 Å². The number of aromatic hydroxyl groups is 1. The van der Waals surface area contributed by atoms with Gasteiger partial charge in [-0.05, 0) is 23.3 Å². The van der Waals surface area contributed by atoms with Crippen LogP contribution < -0.4 is 11.5 Å².